The molecule has 0 saturated carbocycles. The number of nitro groups is 1. The number of unbranched alkanes of at least 4 members (excludes halogenated alkanes) is 1. The number of aromatic nitrogens is 1. The molecule has 0 radical (unpaired) electrons. The summed E-state index contributed by atoms with van der Waals surface area (Å²) in [5.41, 5.74) is 2.84. The summed E-state index contributed by atoms with van der Waals surface area (Å²) in [6.07, 6.45) is 5.39. The van der Waals surface area contributed by atoms with Crippen LogP contribution in [-0.2, 0) is 0 Å². The normalized spacial score (nSPS) is 12.5. The van der Waals surface area contributed by atoms with Gasteiger partial charge in [-0.15, -0.1) is 11.3 Å². The highest BCUT2D eigenvalue weighted by Crippen LogP contribution is 2.35. The van der Waals surface area contributed by atoms with Crippen molar-refractivity contribution in [3.8, 4) is 0 Å². The van der Waals surface area contributed by atoms with E-state index in [0.717, 1.165) is 36.8 Å². The number of fused-ring (bicyclic) bond motifs is 1. The molecule has 1 heterocycles. The van der Waals surface area contributed by atoms with Gasteiger partial charge < -0.3 is 5.32 Å². The highest BCUT2D eigenvalue weighted by Gasteiger charge is 2.22. The number of nitrogens with zero attached hydrogens (tertiary/aromatic N) is 2. The van der Waals surface area contributed by atoms with Gasteiger partial charge in [0.2, 0.25) is 0 Å². The smallest absolute Gasteiger partial charge is 0.319 e. The van der Waals surface area contributed by atoms with Crippen LogP contribution in [0.15, 0.2) is 17.6 Å². The maximum Gasteiger partial charge on any atom is 0.319 e. The quantitative estimate of drug-likeness (QED) is 0.552. The van der Waals surface area contributed by atoms with Gasteiger partial charge in [0, 0.05) is 6.04 Å². The first-order chi connectivity index (χ1) is 10.2. The zero-order valence-electron chi connectivity index (χ0n) is 12.5. The van der Waals surface area contributed by atoms with Gasteiger partial charge >= 0.3 is 5.69 Å². The molecule has 114 valence electrons. The Hall–Kier alpha value is -1.69. The van der Waals surface area contributed by atoms with Crippen molar-refractivity contribution in [2.75, 3.05) is 5.32 Å². The summed E-state index contributed by atoms with van der Waals surface area (Å²) in [5.74, 6) is 0. The van der Waals surface area contributed by atoms with E-state index in [1.807, 2.05) is 12.1 Å². The van der Waals surface area contributed by atoms with Gasteiger partial charge in [0.1, 0.15) is 5.69 Å². The van der Waals surface area contributed by atoms with Crippen molar-refractivity contribution in [2.45, 2.75) is 52.0 Å². The Bertz CT molecular complexity index is 612. The Labute approximate surface area is 128 Å². The summed E-state index contributed by atoms with van der Waals surface area (Å²) >= 11 is 1.43. The zero-order valence-corrected chi connectivity index (χ0v) is 13.3. The predicted octanol–water partition coefficient (Wildman–Crippen LogP) is 4.98. The standard InChI is InChI=1S/C15H21N3O2S/c1-3-5-7-11(6-4-2)17-12-8-9-13-14(16-10-21-13)15(12)18(19)20/h8-11,17H,3-7H2,1-2H3. The molecule has 0 aliphatic carbocycles. The van der Waals surface area contributed by atoms with Crippen molar-refractivity contribution >= 4 is 32.9 Å². The Morgan fingerprint density at radius 3 is 2.81 bits per heavy atom. The lowest BCUT2D eigenvalue weighted by Crippen LogP contribution is -2.19. The molecule has 0 bridgehead atoms. The molecular weight excluding hydrogens is 286 g/mol. The third-order valence-corrected chi connectivity index (χ3v) is 4.36. The summed E-state index contributed by atoms with van der Waals surface area (Å²) in [4.78, 5) is 15.2. The first-order valence-corrected chi connectivity index (χ1v) is 8.32. The van der Waals surface area contributed by atoms with Gasteiger partial charge in [0.05, 0.1) is 15.1 Å². The second-order valence-electron chi connectivity index (χ2n) is 5.19. The summed E-state index contributed by atoms with van der Waals surface area (Å²) in [6, 6.07) is 4.00. The van der Waals surface area contributed by atoms with Gasteiger partial charge in [-0.3, -0.25) is 10.1 Å². The molecule has 2 aromatic rings. The van der Waals surface area contributed by atoms with Crippen molar-refractivity contribution in [1.82, 2.24) is 4.98 Å². The first kappa shape index (κ1) is 15.7. The fourth-order valence-corrected chi connectivity index (χ4v) is 3.21. The van der Waals surface area contributed by atoms with E-state index < -0.39 is 0 Å². The minimum atomic E-state index is -0.326. The van der Waals surface area contributed by atoms with Crippen LogP contribution in [0.3, 0.4) is 0 Å². The number of nitrogens with one attached hydrogen (secondary N) is 1. The Morgan fingerprint density at radius 1 is 1.33 bits per heavy atom. The van der Waals surface area contributed by atoms with Crippen molar-refractivity contribution in [3.63, 3.8) is 0 Å². The highest BCUT2D eigenvalue weighted by atomic mass is 32.1. The molecule has 0 fully saturated rings. The lowest BCUT2D eigenvalue weighted by molar-refractivity contribution is -0.382. The molecule has 21 heavy (non-hydrogen) atoms. The largest absolute Gasteiger partial charge is 0.377 e. The number of thiazole rings is 1. The van der Waals surface area contributed by atoms with E-state index in [2.05, 4.69) is 24.1 Å². The third kappa shape index (κ3) is 3.69. The number of anilines is 1. The average Bonchev–Trinajstić information content (AvgIpc) is 2.92. The predicted molar refractivity (Wildman–Crippen MR) is 88.1 cm³/mol. The van der Waals surface area contributed by atoms with E-state index in [1.54, 1.807) is 5.51 Å². The fourth-order valence-electron chi connectivity index (χ4n) is 2.53. The molecule has 0 saturated heterocycles. The maximum atomic E-state index is 11.4. The molecule has 1 aromatic heterocycles. The van der Waals surface area contributed by atoms with E-state index in [9.17, 15) is 10.1 Å². The topological polar surface area (TPSA) is 68.1 Å². The molecule has 1 aromatic carbocycles. The zero-order chi connectivity index (χ0) is 15.2. The second kappa shape index (κ2) is 7.36. The van der Waals surface area contributed by atoms with Gasteiger partial charge in [0.15, 0.2) is 5.52 Å². The molecule has 2 rings (SSSR count). The molecule has 1 atom stereocenters. The molecular formula is C15H21N3O2S. The van der Waals surface area contributed by atoms with Gasteiger partial charge in [-0.05, 0) is 25.0 Å². The summed E-state index contributed by atoms with van der Waals surface area (Å²) in [5, 5.41) is 14.8. The molecule has 1 N–H and O–H groups in total. The molecule has 5 nitrogen and oxygen atoms in total. The van der Waals surface area contributed by atoms with Crippen LogP contribution in [0.25, 0.3) is 10.2 Å². The number of rotatable bonds is 8. The van der Waals surface area contributed by atoms with Crippen LogP contribution in [0.1, 0.15) is 46.0 Å². The minimum Gasteiger partial charge on any atom is -0.377 e. The lowest BCUT2D eigenvalue weighted by atomic mass is 10.0. The van der Waals surface area contributed by atoms with Gasteiger partial charge in [-0.2, -0.15) is 0 Å². The molecule has 0 spiro atoms. The third-order valence-electron chi connectivity index (χ3n) is 3.56. The summed E-state index contributed by atoms with van der Waals surface area (Å²) in [6.45, 7) is 4.30. The van der Waals surface area contributed by atoms with Gasteiger partial charge in [0.25, 0.3) is 0 Å². The molecule has 0 amide bonds. The summed E-state index contributed by atoms with van der Waals surface area (Å²) in [7, 11) is 0. The monoisotopic (exact) mass is 307 g/mol. The Balaban J connectivity index is 2.31. The molecule has 0 aliphatic rings. The Morgan fingerprint density at radius 2 is 2.14 bits per heavy atom. The van der Waals surface area contributed by atoms with Crippen molar-refractivity contribution in [3.05, 3.63) is 27.8 Å². The van der Waals surface area contributed by atoms with E-state index in [0.29, 0.717) is 11.2 Å². The number of hydrogen-bond acceptors (Lipinski definition) is 5. The maximum absolute atomic E-state index is 11.4. The average molecular weight is 307 g/mol. The lowest BCUT2D eigenvalue weighted by Gasteiger charge is -2.19. The van der Waals surface area contributed by atoms with Crippen LogP contribution in [-0.4, -0.2) is 15.9 Å². The van der Waals surface area contributed by atoms with Crippen LogP contribution in [0.2, 0.25) is 0 Å². The Kier molecular flexibility index (Phi) is 5.50. The van der Waals surface area contributed by atoms with Gasteiger partial charge in [-0.1, -0.05) is 33.1 Å². The van der Waals surface area contributed by atoms with E-state index in [4.69, 9.17) is 0 Å². The van der Waals surface area contributed by atoms with Crippen LogP contribution < -0.4 is 5.32 Å². The second-order valence-corrected chi connectivity index (χ2v) is 6.08. The van der Waals surface area contributed by atoms with Crippen LogP contribution >= 0.6 is 11.3 Å². The first-order valence-electron chi connectivity index (χ1n) is 7.44. The highest BCUT2D eigenvalue weighted by molar-refractivity contribution is 7.16. The number of hydrogen-bond donors (Lipinski definition) is 1. The van der Waals surface area contributed by atoms with Crippen LogP contribution in [0.4, 0.5) is 11.4 Å². The molecule has 0 aliphatic heterocycles. The molecule has 1 unspecified atom stereocenters. The van der Waals surface area contributed by atoms with E-state index in [1.165, 1.54) is 11.3 Å². The van der Waals surface area contributed by atoms with Crippen LogP contribution in [0, 0.1) is 10.1 Å². The van der Waals surface area contributed by atoms with E-state index >= 15 is 0 Å². The van der Waals surface area contributed by atoms with E-state index in [-0.39, 0.29) is 16.7 Å². The van der Waals surface area contributed by atoms with Gasteiger partial charge in [-0.25, -0.2) is 4.98 Å². The fraction of sp³-hybridized carbons (Fsp3) is 0.533. The van der Waals surface area contributed by atoms with Crippen molar-refractivity contribution in [1.29, 1.82) is 0 Å². The van der Waals surface area contributed by atoms with Crippen molar-refractivity contribution < 1.29 is 4.92 Å². The minimum absolute atomic E-state index is 0.103. The number of nitro benzene ring substituents is 1. The SMILES string of the molecule is CCCCC(CCC)Nc1ccc2scnc2c1[N+](=O)[O-]. The summed E-state index contributed by atoms with van der Waals surface area (Å²) < 4.78 is 0.854. The van der Waals surface area contributed by atoms with Crippen LogP contribution in [0.5, 0.6) is 0 Å². The van der Waals surface area contributed by atoms with Crippen molar-refractivity contribution in [2.24, 2.45) is 0 Å². The number of benzene rings is 1. The molecule has 6 heteroatoms.